The van der Waals surface area contributed by atoms with Crippen molar-refractivity contribution in [2.75, 3.05) is 34.4 Å². The molecule has 5 nitrogen and oxygen atoms in total. The minimum Gasteiger partial charge on any atom is -0.497 e. The Labute approximate surface area is 161 Å². The van der Waals surface area contributed by atoms with Crippen LogP contribution in [0.2, 0.25) is 0 Å². The lowest BCUT2D eigenvalue weighted by atomic mass is 9.86. The number of hydrogen-bond acceptors (Lipinski definition) is 5. The Morgan fingerprint density at radius 3 is 2.81 bits per heavy atom. The Hall–Kier alpha value is -2.27. The van der Waals surface area contributed by atoms with Crippen molar-refractivity contribution in [1.82, 2.24) is 4.90 Å². The van der Waals surface area contributed by atoms with Gasteiger partial charge in [-0.15, -0.1) is 0 Å². The van der Waals surface area contributed by atoms with Gasteiger partial charge in [-0.25, -0.2) is 0 Å². The molecule has 1 aromatic carbocycles. The van der Waals surface area contributed by atoms with Crippen LogP contribution in [-0.4, -0.2) is 45.0 Å². The fourth-order valence-electron chi connectivity index (χ4n) is 4.08. The van der Waals surface area contributed by atoms with Crippen LogP contribution in [0.1, 0.15) is 24.8 Å². The first kappa shape index (κ1) is 18.1. The molecule has 0 spiro atoms. The van der Waals surface area contributed by atoms with Crippen LogP contribution in [0.5, 0.6) is 5.75 Å². The van der Waals surface area contributed by atoms with Crippen LogP contribution in [0.15, 0.2) is 53.4 Å². The van der Waals surface area contributed by atoms with E-state index in [-0.39, 0.29) is 17.4 Å². The molecule has 2 aliphatic carbocycles. The topological polar surface area (TPSA) is 43.3 Å². The van der Waals surface area contributed by atoms with Crippen LogP contribution < -0.4 is 4.74 Å². The molecule has 0 N–H and O–H groups in total. The fourth-order valence-corrected chi connectivity index (χ4v) is 4.08. The van der Waals surface area contributed by atoms with Gasteiger partial charge < -0.3 is 19.2 Å². The molecule has 27 heavy (non-hydrogen) atoms. The van der Waals surface area contributed by atoms with Crippen LogP contribution in [0, 0.1) is 11.8 Å². The van der Waals surface area contributed by atoms with Gasteiger partial charge in [0.25, 0.3) is 0 Å². The normalized spacial score (nSPS) is 29.6. The molecule has 0 aromatic heterocycles. The molecule has 1 saturated carbocycles. The number of ether oxygens (including phenoxy) is 2. The summed E-state index contributed by atoms with van der Waals surface area (Å²) in [6.07, 6.45) is 9.19. The number of oxime groups is 1. The molecule has 4 rings (SSSR count). The summed E-state index contributed by atoms with van der Waals surface area (Å²) >= 11 is 0. The Morgan fingerprint density at radius 2 is 2.07 bits per heavy atom. The van der Waals surface area contributed by atoms with Gasteiger partial charge in [0.05, 0.1) is 18.7 Å². The van der Waals surface area contributed by atoms with E-state index in [1.807, 2.05) is 12.1 Å². The summed E-state index contributed by atoms with van der Waals surface area (Å²) < 4.78 is 11.8. The molecule has 3 atom stereocenters. The Balaban J connectivity index is 1.54. The fraction of sp³-hybridized carbons (Fsp3) is 0.500. The number of methoxy groups -OCH3 is 1. The second-order valence-corrected chi connectivity index (χ2v) is 7.77. The van der Waals surface area contributed by atoms with Gasteiger partial charge >= 0.3 is 0 Å². The van der Waals surface area contributed by atoms with Gasteiger partial charge in [-0.3, -0.25) is 0 Å². The summed E-state index contributed by atoms with van der Waals surface area (Å²) in [5.41, 5.74) is 2.02. The van der Waals surface area contributed by atoms with Crippen LogP contribution in [-0.2, 0) is 15.2 Å². The molecule has 3 unspecified atom stereocenters. The first-order valence-electron chi connectivity index (χ1n) is 9.69. The van der Waals surface area contributed by atoms with E-state index in [0.717, 1.165) is 43.0 Å². The maximum atomic E-state index is 6.53. The standard InChI is InChI=1S/C22H28N2O3/c1-24(2)13-6-14-26-23-21-18-7-4-5-8-20(18)27-22(15-19(21)22)16-9-11-17(25-3)12-10-16/h4-5,8-12,18-19H,6-7,13-15H2,1-3H3. The molecule has 1 heterocycles. The molecule has 0 amide bonds. The van der Waals surface area contributed by atoms with Crippen molar-refractivity contribution in [3.05, 3.63) is 53.8 Å². The van der Waals surface area contributed by atoms with Crippen molar-refractivity contribution in [2.24, 2.45) is 17.0 Å². The van der Waals surface area contributed by atoms with Crippen molar-refractivity contribution in [3.63, 3.8) is 0 Å². The Morgan fingerprint density at radius 1 is 1.26 bits per heavy atom. The third-order valence-corrected chi connectivity index (χ3v) is 5.63. The molecule has 3 aliphatic rings. The molecule has 1 saturated heterocycles. The first-order valence-corrected chi connectivity index (χ1v) is 9.69. The zero-order valence-electron chi connectivity index (χ0n) is 16.4. The van der Waals surface area contributed by atoms with Crippen LogP contribution >= 0.6 is 0 Å². The molecule has 0 bridgehead atoms. The highest BCUT2D eigenvalue weighted by Crippen LogP contribution is 2.62. The van der Waals surface area contributed by atoms with E-state index in [9.17, 15) is 0 Å². The predicted octanol–water partition coefficient (Wildman–Crippen LogP) is 3.72. The van der Waals surface area contributed by atoms with Crippen molar-refractivity contribution in [3.8, 4) is 5.75 Å². The monoisotopic (exact) mass is 368 g/mol. The quantitative estimate of drug-likeness (QED) is 0.543. The first-order chi connectivity index (χ1) is 13.1. The minimum absolute atomic E-state index is 0.211. The highest BCUT2D eigenvalue weighted by molar-refractivity contribution is 5.96. The number of allylic oxidation sites excluding steroid dienone is 4. The van der Waals surface area contributed by atoms with E-state index in [1.54, 1.807) is 7.11 Å². The largest absolute Gasteiger partial charge is 0.497 e. The van der Waals surface area contributed by atoms with Crippen molar-refractivity contribution >= 4 is 5.71 Å². The average molecular weight is 368 g/mol. The number of rotatable bonds is 7. The molecule has 0 radical (unpaired) electrons. The van der Waals surface area contributed by atoms with E-state index in [2.05, 4.69) is 54.5 Å². The Bertz CT molecular complexity index is 766. The maximum Gasteiger partial charge on any atom is 0.143 e. The lowest BCUT2D eigenvalue weighted by Crippen LogP contribution is -2.34. The van der Waals surface area contributed by atoms with Gasteiger partial charge in [0.1, 0.15) is 23.7 Å². The summed E-state index contributed by atoms with van der Waals surface area (Å²) in [7, 11) is 5.83. The molecule has 1 aromatic rings. The van der Waals surface area contributed by atoms with Crippen molar-refractivity contribution < 1.29 is 14.3 Å². The molecule has 144 valence electrons. The number of fused-ring (bicyclic) bond motifs is 2. The van der Waals surface area contributed by atoms with Gasteiger partial charge in [0, 0.05) is 18.9 Å². The third-order valence-electron chi connectivity index (χ3n) is 5.63. The van der Waals surface area contributed by atoms with Gasteiger partial charge in [0.15, 0.2) is 0 Å². The molecular formula is C22H28N2O3. The minimum atomic E-state index is -0.300. The van der Waals surface area contributed by atoms with Gasteiger partial charge in [0.2, 0.25) is 0 Å². The van der Waals surface area contributed by atoms with Crippen LogP contribution in [0.25, 0.3) is 0 Å². The molecule has 1 aliphatic heterocycles. The number of hydrogen-bond donors (Lipinski definition) is 0. The summed E-state index contributed by atoms with van der Waals surface area (Å²) in [6, 6.07) is 8.21. The SMILES string of the molecule is COc1ccc(C23CC2C(=NOCCCN(C)C)C2CC=CC=C2O3)cc1. The smallest absolute Gasteiger partial charge is 0.143 e. The summed E-state index contributed by atoms with van der Waals surface area (Å²) in [5.74, 6) is 2.37. The van der Waals surface area contributed by atoms with E-state index >= 15 is 0 Å². The summed E-state index contributed by atoms with van der Waals surface area (Å²) in [4.78, 5) is 7.88. The van der Waals surface area contributed by atoms with E-state index in [1.165, 1.54) is 5.56 Å². The van der Waals surface area contributed by atoms with E-state index in [4.69, 9.17) is 14.3 Å². The zero-order valence-corrected chi connectivity index (χ0v) is 16.4. The summed E-state index contributed by atoms with van der Waals surface area (Å²) in [5, 5.41) is 4.61. The predicted molar refractivity (Wildman–Crippen MR) is 106 cm³/mol. The number of nitrogens with zero attached hydrogens (tertiary/aromatic N) is 2. The molecular weight excluding hydrogens is 340 g/mol. The van der Waals surface area contributed by atoms with Gasteiger partial charge in [-0.1, -0.05) is 29.4 Å². The molecule has 2 fully saturated rings. The van der Waals surface area contributed by atoms with Crippen LogP contribution in [0.4, 0.5) is 0 Å². The highest BCUT2D eigenvalue weighted by Gasteiger charge is 2.65. The lowest BCUT2D eigenvalue weighted by Gasteiger charge is -2.34. The molecule has 5 heteroatoms. The van der Waals surface area contributed by atoms with Gasteiger partial charge in [-0.2, -0.15) is 0 Å². The van der Waals surface area contributed by atoms with E-state index in [0.29, 0.717) is 6.61 Å². The Kier molecular flexibility index (Phi) is 4.96. The second kappa shape index (κ2) is 7.39. The second-order valence-electron chi connectivity index (χ2n) is 7.77. The third kappa shape index (κ3) is 3.48. The highest BCUT2D eigenvalue weighted by atomic mass is 16.6. The summed E-state index contributed by atoms with van der Waals surface area (Å²) in [6.45, 7) is 1.65. The average Bonchev–Trinajstić information content (AvgIpc) is 3.42. The van der Waals surface area contributed by atoms with Crippen molar-refractivity contribution in [2.45, 2.75) is 24.9 Å². The number of benzene rings is 1. The van der Waals surface area contributed by atoms with E-state index < -0.39 is 0 Å². The van der Waals surface area contributed by atoms with Crippen LogP contribution in [0.3, 0.4) is 0 Å². The zero-order chi connectivity index (χ0) is 18.9. The van der Waals surface area contributed by atoms with Crippen molar-refractivity contribution in [1.29, 1.82) is 0 Å². The van der Waals surface area contributed by atoms with Gasteiger partial charge in [-0.05, 0) is 50.7 Å². The maximum absolute atomic E-state index is 6.53. The lowest BCUT2D eigenvalue weighted by molar-refractivity contribution is 0.0545.